The summed E-state index contributed by atoms with van der Waals surface area (Å²) in [5.74, 6) is 0.523. The molecule has 1 heterocycles. The number of aromatic nitrogens is 2. The van der Waals surface area contributed by atoms with Crippen molar-refractivity contribution in [3.8, 4) is 6.07 Å². The first-order valence-corrected chi connectivity index (χ1v) is 8.38. The van der Waals surface area contributed by atoms with E-state index in [4.69, 9.17) is 0 Å². The Morgan fingerprint density at radius 3 is 2.68 bits per heavy atom. The summed E-state index contributed by atoms with van der Waals surface area (Å²) in [7, 11) is 1.84. The van der Waals surface area contributed by atoms with E-state index in [-0.39, 0.29) is 18.4 Å². The summed E-state index contributed by atoms with van der Waals surface area (Å²) in [6, 6.07) is 10.1. The predicted octanol–water partition coefficient (Wildman–Crippen LogP) is 2.42. The van der Waals surface area contributed by atoms with Gasteiger partial charge in [0.15, 0.2) is 0 Å². The van der Waals surface area contributed by atoms with Crippen molar-refractivity contribution in [3.05, 3.63) is 35.8 Å². The van der Waals surface area contributed by atoms with Crippen molar-refractivity contribution in [1.82, 2.24) is 20.2 Å². The second-order valence-corrected chi connectivity index (χ2v) is 6.93. The molecule has 1 aromatic carbocycles. The van der Waals surface area contributed by atoms with E-state index in [0.29, 0.717) is 12.4 Å². The summed E-state index contributed by atoms with van der Waals surface area (Å²) >= 11 is 0. The highest BCUT2D eigenvalue weighted by atomic mass is 16.2. The second kappa shape index (κ2) is 7.58. The molecule has 0 aliphatic carbocycles. The number of amides is 1. The van der Waals surface area contributed by atoms with Crippen molar-refractivity contribution < 1.29 is 4.79 Å². The lowest BCUT2D eigenvalue weighted by Crippen LogP contribution is -2.51. The van der Waals surface area contributed by atoms with Crippen molar-refractivity contribution in [3.63, 3.8) is 0 Å². The highest BCUT2D eigenvalue weighted by Gasteiger charge is 2.30. The van der Waals surface area contributed by atoms with Gasteiger partial charge >= 0.3 is 0 Å². The average Bonchev–Trinajstić information content (AvgIpc) is 2.54. The fourth-order valence-electron chi connectivity index (χ4n) is 2.54. The number of aryl methyl sites for hydroxylation is 1. The number of hydrogen-bond donors (Lipinski definition) is 1. The van der Waals surface area contributed by atoms with E-state index in [1.807, 2.05) is 57.0 Å². The molecule has 1 aromatic heterocycles. The Bertz CT molecular complexity index is 811. The second-order valence-electron chi connectivity index (χ2n) is 6.93. The van der Waals surface area contributed by atoms with Crippen LogP contribution in [-0.2, 0) is 11.3 Å². The van der Waals surface area contributed by atoms with Gasteiger partial charge in [0.05, 0.1) is 24.7 Å². The molecule has 0 radical (unpaired) electrons. The molecule has 0 unspecified atom stereocenters. The molecule has 0 aliphatic heterocycles. The van der Waals surface area contributed by atoms with E-state index in [9.17, 15) is 10.1 Å². The quantitative estimate of drug-likeness (QED) is 0.874. The maximum absolute atomic E-state index is 12.3. The molecule has 0 aliphatic rings. The lowest BCUT2D eigenvalue weighted by Gasteiger charge is -2.28. The molecule has 6 nitrogen and oxygen atoms in total. The standard InChI is InChI=1S/C19H25N5O/c1-13(2)19(4,12-20)23-18(25)11-24(5)10-17-21-14(3)15-8-6-7-9-16(15)22-17/h6-9,13H,10-11H2,1-5H3,(H,23,25)/t19-/m1/s1. The third-order valence-electron chi connectivity index (χ3n) is 4.45. The van der Waals surface area contributed by atoms with Gasteiger partial charge in [0.25, 0.3) is 0 Å². The molecule has 6 heteroatoms. The van der Waals surface area contributed by atoms with Crippen LogP contribution in [0.15, 0.2) is 24.3 Å². The minimum absolute atomic E-state index is 0.0261. The van der Waals surface area contributed by atoms with Crippen LogP contribution in [0.3, 0.4) is 0 Å². The first kappa shape index (κ1) is 18.8. The smallest absolute Gasteiger partial charge is 0.235 e. The number of hydrogen-bond acceptors (Lipinski definition) is 5. The van der Waals surface area contributed by atoms with Crippen LogP contribution in [0.25, 0.3) is 10.9 Å². The zero-order chi connectivity index (χ0) is 18.6. The van der Waals surface area contributed by atoms with Gasteiger partial charge < -0.3 is 5.32 Å². The van der Waals surface area contributed by atoms with Crippen molar-refractivity contribution in [2.24, 2.45) is 5.92 Å². The summed E-state index contributed by atoms with van der Waals surface area (Å²) in [6.45, 7) is 8.17. The van der Waals surface area contributed by atoms with Gasteiger partial charge in [-0.05, 0) is 32.9 Å². The van der Waals surface area contributed by atoms with Crippen LogP contribution in [0.1, 0.15) is 32.3 Å². The van der Waals surface area contributed by atoms with Gasteiger partial charge in [-0.25, -0.2) is 9.97 Å². The van der Waals surface area contributed by atoms with Crippen LogP contribution in [0.5, 0.6) is 0 Å². The van der Waals surface area contributed by atoms with Crippen molar-refractivity contribution in [1.29, 1.82) is 5.26 Å². The zero-order valence-electron chi connectivity index (χ0n) is 15.5. The average molecular weight is 339 g/mol. The van der Waals surface area contributed by atoms with Gasteiger partial charge in [0.2, 0.25) is 5.91 Å². The molecule has 0 bridgehead atoms. The largest absolute Gasteiger partial charge is 0.337 e. The summed E-state index contributed by atoms with van der Waals surface area (Å²) in [5.41, 5.74) is 0.962. The fourth-order valence-corrected chi connectivity index (χ4v) is 2.54. The molecule has 132 valence electrons. The number of benzene rings is 1. The van der Waals surface area contributed by atoms with Crippen molar-refractivity contribution in [2.75, 3.05) is 13.6 Å². The molecular formula is C19H25N5O. The molecule has 2 rings (SSSR count). The number of likely N-dealkylation sites (N-methyl/N-ethyl adjacent to an activating group) is 1. The van der Waals surface area contributed by atoms with E-state index in [1.165, 1.54) is 0 Å². The first-order valence-electron chi connectivity index (χ1n) is 8.38. The van der Waals surface area contributed by atoms with Crippen molar-refractivity contribution >= 4 is 16.8 Å². The van der Waals surface area contributed by atoms with Gasteiger partial charge in [-0.2, -0.15) is 5.26 Å². The molecule has 2 aromatic rings. The summed E-state index contributed by atoms with van der Waals surface area (Å²) in [4.78, 5) is 23.2. The van der Waals surface area contributed by atoms with Gasteiger partial charge in [0.1, 0.15) is 11.4 Å². The van der Waals surface area contributed by atoms with Crippen molar-refractivity contribution in [2.45, 2.75) is 39.8 Å². The van der Waals surface area contributed by atoms with Crippen LogP contribution in [0.4, 0.5) is 0 Å². The minimum atomic E-state index is -0.867. The highest BCUT2D eigenvalue weighted by Crippen LogP contribution is 2.16. The molecule has 0 saturated carbocycles. The Kier molecular flexibility index (Phi) is 5.70. The molecule has 0 fully saturated rings. The molecule has 25 heavy (non-hydrogen) atoms. The predicted molar refractivity (Wildman–Crippen MR) is 97.6 cm³/mol. The lowest BCUT2D eigenvalue weighted by atomic mass is 9.90. The third-order valence-corrected chi connectivity index (χ3v) is 4.45. The Balaban J connectivity index is 2.04. The molecule has 1 amide bonds. The van der Waals surface area contributed by atoms with Gasteiger partial charge in [-0.3, -0.25) is 9.69 Å². The normalized spacial score (nSPS) is 13.7. The summed E-state index contributed by atoms with van der Waals surface area (Å²) < 4.78 is 0. The maximum atomic E-state index is 12.3. The van der Waals surface area contributed by atoms with Crippen LogP contribution >= 0.6 is 0 Å². The molecule has 0 saturated heterocycles. The van der Waals surface area contributed by atoms with E-state index in [2.05, 4.69) is 21.4 Å². The van der Waals surface area contributed by atoms with Crippen LogP contribution in [0, 0.1) is 24.2 Å². The van der Waals surface area contributed by atoms with E-state index >= 15 is 0 Å². The van der Waals surface area contributed by atoms with E-state index < -0.39 is 5.54 Å². The molecule has 1 atom stereocenters. The Morgan fingerprint density at radius 1 is 1.36 bits per heavy atom. The van der Waals surface area contributed by atoms with E-state index in [0.717, 1.165) is 16.6 Å². The topological polar surface area (TPSA) is 81.9 Å². The molecule has 1 N–H and O–H groups in total. The maximum Gasteiger partial charge on any atom is 0.235 e. The van der Waals surface area contributed by atoms with Gasteiger partial charge in [0, 0.05) is 11.1 Å². The molecular weight excluding hydrogens is 314 g/mol. The van der Waals surface area contributed by atoms with Crippen LogP contribution in [-0.4, -0.2) is 39.9 Å². The zero-order valence-corrected chi connectivity index (χ0v) is 15.5. The summed E-state index contributed by atoms with van der Waals surface area (Å²) in [6.07, 6.45) is 0. The van der Waals surface area contributed by atoms with Gasteiger partial charge in [-0.1, -0.05) is 32.0 Å². The monoisotopic (exact) mass is 339 g/mol. The SMILES string of the molecule is Cc1nc(CN(C)CC(=O)N[C@](C)(C#N)C(C)C)nc2ccccc12. The Labute approximate surface area is 148 Å². The number of rotatable bonds is 6. The van der Waals surface area contributed by atoms with E-state index in [1.54, 1.807) is 6.92 Å². The Morgan fingerprint density at radius 2 is 2.04 bits per heavy atom. The van der Waals surface area contributed by atoms with Crippen LogP contribution < -0.4 is 5.32 Å². The highest BCUT2D eigenvalue weighted by molar-refractivity contribution is 5.80. The minimum Gasteiger partial charge on any atom is -0.337 e. The number of nitriles is 1. The number of fused-ring (bicyclic) bond motifs is 1. The number of carbonyl (C=O) groups is 1. The van der Waals surface area contributed by atoms with Gasteiger partial charge in [-0.15, -0.1) is 0 Å². The Hall–Kier alpha value is -2.52. The number of nitrogens with zero attached hydrogens (tertiary/aromatic N) is 4. The first-order chi connectivity index (χ1) is 11.7. The number of para-hydroxylation sites is 1. The third kappa shape index (κ3) is 4.52. The summed E-state index contributed by atoms with van der Waals surface area (Å²) in [5, 5.41) is 13.2. The number of carbonyl (C=O) groups excluding carboxylic acids is 1. The number of nitrogens with one attached hydrogen (secondary N) is 1. The fraction of sp³-hybridized carbons (Fsp3) is 0.474. The van der Waals surface area contributed by atoms with Crippen LogP contribution in [0.2, 0.25) is 0 Å². The lowest BCUT2D eigenvalue weighted by molar-refractivity contribution is -0.123. The molecule has 0 spiro atoms.